The molecule has 3 rings (SSSR count). The average molecular weight is 474 g/mol. The van der Waals surface area contributed by atoms with Crippen molar-refractivity contribution < 1.29 is 19.1 Å². The number of amidine groups is 1. The molecule has 7 nitrogen and oxygen atoms in total. The van der Waals surface area contributed by atoms with Crippen LogP contribution in [-0.2, 0) is 9.59 Å². The number of methoxy groups -OCH3 is 2. The van der Waals surface area contributed by atoms with Crippen LogP contribution >= 0.6 is 23.4 Å². The first-order valence-electron chi connectivity index (χ1n) is 9.98. The summed E-state index contributed by atoms with van der Waals surface area (Å²) in [4.78, 5) is 31.4. The number of amides is 2. The van der Waals surface area contributed by atoms with Crippen molar-refractivity contribution in [1.82, 2.24) is 5.32 Å². The number of thioether (sulfide) groups is 1. The fourth-order valence-electron chi connectivity index (χ4n) is 2.91. The predicted octanol–water partition coefficient (Wildman–Crippen LogP) is 4.36. The van der Waals surface area contributed by atoms with Gasteiger partial charge in [-0.15, -0.1) is 0 Å². The van der Waals surface area contributed by atoms with Crippen LogP contribution < -0.4 is 19.7 Å². The average Bonchev–Trinajstić information content (AvgIpc) is 3.12. The Kier molecular flexibility index (Phi) is 8.19. The van der Waals surface area contributed by atoms with E-state index >= 15 is 0 Å². The third-order valence-corrected chi connectivity index (χ3v) is 5.80. The van der Waals surface area contributed by atoms with Gasteiger partial charge in [-0.05, 0) is 42.3 Å². The van der Waals surface area contributed by atoms with Crippen molar-refractivity contribution >= 4 is 52.1 Å². The van der Waals surface area contributed by atoms with Crippen molar-refractivity contribution in [3.8, 4) is 11.5 Å². The van der Waals surface area contributed by atoms with Gasteiger partial charge >= 0.3 is 0 Å². The number of carbonyl (C=O) groups excluding carboxylic acids is 2. The van der Waals surface area contributed by atoms with Crippen LogP contribution in [0, 0.1) is 0 Å². The molecule has 168 valence electrons. The van der Waals surface area contributed by atoms with E-state index in [4.69, 9.17) is 21.1 Å². The largest absolute Gasteiger partial charge is 0.497 e. The van der Waals surface area contributed by atoms with Crippen LogP contribution in [0.25, 0.3) is 6.08 Å². The van der Waals surface area contributed by atoms with Crippen molar-refractivity contribution in [2.24, 2.45) is 4.99 Å². The molecule has 0 saturated heterocycles. The smallest absolute Gasteiger partial charge is 0.283 e. The van der Waals surface area contributed by atoms with Crippen molar-refractivity contribution in [1.29, 1.82) is 0 Å². The Labute approximate surface area is 196 Å². The van der Waals surface area contributed by atoms with Gasteiger partial charge in [0.15, 0.2) is 5.17 Å². The Bertz CT molecular complexity index is 1050. The molecule has 0 unspecified atom stereocenters. The molecule has 0 atom stereocenters. The van der Waals surface area contributed by atoms with Crippen LogP contribution in [0.3, 0.4) is 0 Å². The number of nitrogens with one attached hydrogen (secondary N) is 1. The lowest BCUT2D eigenvalue weighted by Gasteiger charge is -2.18. The van der Waals surface area contributed by atoms with Crippen molar-refractivity contribution in [2.75, 3.05) is 31.4 Å². The van der Waals surface area contributed by atoms with Gasteiger partial charge in [0.05, 0.1) is 30.7 Å². The highest BCUT2D eigenvalue weighted by Crippen LogP contribution is 2.34. The summed E-state index contributed by atoms with van der Waals surface area (Å²) in [5.74, 6) is 0.880. The van der Waals surface area contributed by atoms with Crippen LogP contribution in [0.4, 0.5) is 5.69 Å². The molecule has 2 aromatic carbocycles. The number of hydrogen-bond acceptors (Lipinski definition) is 6. The first-order valence-corrected chi connectivity index (χ1v) is 11.3. The standard InChI is InChI=1S/C23H24ClN3O4S/c1-4-11-25-21(28)14-32-23-26-19(12-15-5-8-17(30-2)9-6-15)22(29)27(23)16-7-10-18(24)20(13-16)31-3/h5-10,12-13H,4,11,14H2,1-3H3,(H,25,28)/b19-12-. The Morgan fingerprint density at radius 2 is 1.94 bits per heavy atom. The molecule has 2 aromatic rings. The highest BCUT2D eigenvalue weighted by atomic mass is 35.5. The van der Waals surface area contributed by atoms with Gasteiger partial charge in [-0.3, -0.25) is 14.5 Å². The van der Waals surface area contributed by atoms with Crippen LogP contribution in [0.5, 0.6) is 11.5 Å². The maximum absolute atomic E-state index is 13.3. The number of carbonyl (C=O) groups is 2. The van der Waals surface area contributed by atoms with Gasteiger partial charge in [-0.1, -0.05) is 42.4 Å². The molecule has 0 spiro atoms. The van der Waals surface area contributed by atoms with Gasteiger partial charge in [0.2, 0.25) is 5.91 Å². The van der Waals surface area contributed by atoms with Crippen LogP contribution in [-0.4, -0.2) is 43.5 Å². The first kappa shape index (κ1) is 23.7. The Morgan fingerprint density at radius 3 is 2.59 bits per heavy atom. The first-order chi connectivity index (χ1) is 15.5. The molecule has 1 aliphatic heterocycles. The van der Waals surface area contributed by atoms with E-state index in [1.54, 1.807) is 31.4 Å². The number of benzene rings is 2. The van der Waals surface area contributed by atoms with Gasteiger partial charge in [-0.2, -0.15) is 0 Å². The lowest BCUT2D eigenvalue weighted by atomic mass is 10.2. The summed E-state index contributed by atoms with van der Waals surface area (Å²) in [7, 11) is 3.10. The summed E-state index contributed by atoms with van der Waals surface area (Å²) >= 11 is 7.35. The Morgan fingerprint density at radius 1 is 1.19 bits per heavy atom. The molecular formula is C23H24ClN3O4S. The lowest BCUT2D eigenvalue weighted by Crippen LogP contribution is -2.32. The van der Waals surface area contributed by atoms with Crippen LogP contribution in [0.15, 0.2) is 53.2 Å². The fourth-order valence-corrected chi connectivity index (χ4v) is 3.95. The van der Waals surface area contributed by atoms with Gasteiger partial charge in [0.25, 0.3) is 5.91 Å². The Balaban J connectivity index is 1.92. The maximum atomic E-state index is 13.3. The molecule has 0 bridgehead atoms. The van der Waals surface area contributed by atoms with Crippen molar-refractivity contribution in [3.05, 3.63) is 58.7 Å². The van der Waals surface area contributed by atoms with Gasteiger partial charge in [0.1, 0.15) is 17.2 Å². The minimum absolute atomic E-state index is 0.117. The molecule has 32 heavy (non-hydrogen) atoms. The summed E-state index contributed by atoms with van der Waals surface area (Å²) in [6, 6.07) is 12.3. The van der Waals surface area contributed by atoms with Gasteiger partial charge in [0, 0.05) is 12.6 Å². The van der Waals surface area contributed by atoms with E-state index in [-0.39, 0.29) is 23.3 Å². The summed E-state index contributed by atoms with van der Waals surface area (Å²) in [6.45, 7) is 2.59. The van der Waals surface area contributed by atoms with E-state index in [0.29, 0.717) is 28.2 Å². The number of hydrogen-bond donors (Lipinski definition) is 1. The van der Waals surface area contributed by atoms with Crippen LogP contribution in [0.2, 0.25) is 5.02 Å². The van der Waals surface area contributed by atoms with E-state index in [1.807, 2.05) is 31.2 Å². The molecule has 0 saturated carbocycles. The second-order valence-corrected chi connectivity index (χ2v) is 8.14. The lowest BCUT2D eigenvalue weighted by molar-refractivity contribution is -0.118. The number of ether oxygens (including phenoxy) is 2. The minimum Gasteiger partial charge on any atom is -0.497 e. The molecule has 2 amide bonds. The molecule has 1 N–H and O–H groups in total. The summed E-state index contributed by atoms with van der Waals surface area (Å²) in [5, 5.41) is 3.67. The predicted molar refractivity (Wildman–Crippen MR) is 130 cm³/mol. The number of rotatable bonds is 8. The minimum atomic E-state index is -0.304. The summed E-state index contributed by atoms with van der Waals surface area (Å²) in [5.41, 5.74) is 1.62. The summed E-state index contributed by atoms with van der Waals surface area (Å²) in [6.07, 6.45) is 2.55. The van der Waals surface area contributed by atoms with E-state index < -0.39 is 0 Å². The second-order valence-electron chi connectivity index (χ2n) is 6.80. The van der Waals surface area contributed by atoms with Crippen LogP contribution in [0.1, 0.15) is 18.9 Å². The maximum Gasteiger partial charge on any atom is 0.283 e. The fraction of sp³-hybridized carbons (Fsp3) is 0.261. The quantitative estimate of drug-likeness (QED) is 0.576. The SMILES string of the molecule is CCCNC(=O)CSC1=N/C(=C\c2ccc(OC)cc2)C(=O)N1c1ccc(Cl)c(OC)c1. The molecular weight excluding hydrogens is 450 g/mol. The zero-order chi connectivity index (χ0) is 23.1. The third kappa shape index (κ3) is 5.63. The molecule has 0 aromatic heterocycles. The zero-order valence-corrected chi connectivity index (χ0v) is 19.6. The van der Waals surface area contributed by atoms with E-state index in [0.717, 1.165) is 17.7 Å². The highest BCUT2D eigenvalue weighted by Gasteiger charge is 2.32. The molecule has 9 heteroatoms. The monoisotopic (exact) mass is 473 g/mol. The third-order valence-electron chi connectivity index (χ3n) is 4.55. The number of halogens is 1. The molecule has 0 fully saturated rings. The topological polar surface area (TPSA) is 80.2 Å². The van der Waals surface area contributed by atoms with Gasteiger partial charge in [-0.25, -0.2) is 4.99 Å². The van der Waals surface area contributed by atoms with Crippen molar-refractivity contribution in [2.45, 2.75) is 13.3 Å². The normalized spacial score (nSPS) is 14.5. The number of aliphatic imine (C=N–C) groups is 1. The van der Waals surface area contributed by atoms with Crippen molar-refractivity contribution in [3.63, 3.8) is 0 Å². The van der Waals surface area contributed by atoms with E-state index in [1.165, 1.54) is 23.8 Å². The highest BCUT2D eigenvalue weighted by molar-refractivity contribution is 8.14. The number of nitrogens with zero attached hydrogens (tertiary/aromatic N) is 2. The molecule has 0 aliphatic carbocycles. The Hall–Kier alpha value is -2.97. The second kappa shape index (κ2) is 11.1. The number of anilines is 1. The van der Waals surface area contributed by atoms with Gasteiger partial charge < -0.3 is 14.8 Å². The molecule has 1 heterocycles. The van der Waals surface area contributed by atoms with E-state index in [2.05, 4.69) is 10.3 Å². The van der Waals surface area contributed by atoms with E-state index in [9.17, 15) is 9.59 Å². The summed E-state index contributed by atoms with van der Waals surface area (Å²) < 4.78 is 10.5. The zero-order valence-electron chi connectivity index (χ0n) is 18.1. The molecule has 0 radical (unpaired) electrons. The molecule has 1 aliphatic rings.